The molecule has 0 radical (unpaired) electrons. The minimum atomic E-state index is 0.0360. The Bertz CT molecular complexity index is 4620. The maximum absolute atomic E-state index is 5.37. The first-order valence-electron chi connectivity index (χ1n) is 41.5. The van der Waals surface area contributed by atoms with E-state index in [1.807, 2.05) is 59.5 Å². The largest absolute Gasteiger partial charge is 0.445 e. The Labute approximate surface area is 754 Å². The number of aromatic amines is 2. The summed E-state index contributed by atoms with van der Waals surface area (Å²) in [4.78, 5) is 24.4. The highest BCUT2D eigenvalue weighted by molar-refractivity contribution is 7.10. The summed E-state index contributed by atoms with van der Waals surface area (Å²) in [5.74, 6) is 4.75. The third kappa shape index (κ3) is 38.6. The number of hydrogen-bond donors (Lipinski definition) is 2. The minimum Gasteiger partial charge on any atom is -0.445 e. The van der Waals surface area contributed by atoms with E-state index in [0.717, 1.165) is 96.4 Å². The molecular formula is C102H154N16O4S2. The standard InChI is InChI=1S/3C10H16N2.2C9H14N2.4C9H13NO.2C9H13NS/c1-6-9-11-8(7-12(9)5)10(2,3)4;1-6-9-8(10(2,3)4)7-12(5)11-9;1-6-8-7-9(10(2,3)4)12(5)11-8;1-5-8-10-6-7(11-8)9(2,3)4;1-5-7-6-8(11-10-7)9(2,3)4;1-5-8-10-7(6-11-8)9(2,3)4;1-5-8-10-6-7(11-8)9(2,3)4;1-5-8-7(6-11-10-8)9(2,3)4;1-5-7-6-8(11-10-7)9(2,3)4;1-5-8-10-7(6-11-8)9(2,3)4;1-5-8-7(6-11-10-8)9(2,3)4/h3*6-7H,1H2,2-5H3;2*5-6H,1H2,2-4H3,(H,10,11);6*5-6H,1H2,2-4H3. The second-order valence-electron chi connectivity index (χ2n) is 40.7. The maximum atomic E-state index is 5.37. The van der Waals surface area contributed by atoms with Crippen LogP contribution < -0.4 is 0 Å². The zero-order valence-electron chi connectivity index (χ0n) is 82.7. The highest BCUT2D eigenvalue weighted by Crippen LogP contribution is 2.32. The molecule has 11 rings (SSSR count). The fourth-order valence-corrected chi connectivity index (χ4v) is 11.8. The van der Waals surface area contributed by atoms with Crippen molar-refractivity contribution in [3.05, 3.63) is 264 Å². The van der Waals surface area contributed by atoms with Gasteiger partial charge in [0.1, 0.15) is 52.1 Å². The van der Waals surface area contributed by atoms with E-state index >= 15 is 0 Å². The smallest absolute Gasteiger partial charge is 0.218 e. The number of aryl methyl sites for hydroxylation is 3. The van der Waals surface area contributed by atoms with Crippen LogP contribution in [0.5, 0.6) is 0 Å². The van der Waals surface area contributed by atoms with Crippen molar-refractivity contribution >= 4 is 89.7 Å². The summed E-state index contributed by atoms with van der Waals surface area (Å²) >= 11 is 3.14. The van der Waals surface area contributed by atoms with Crippen molar-refractivity contribution in [1.29, 1.82) is 0 Å². The Morgan fingerprint density at radius 1 is 0.395 bits per heavy atom. The van der Waals surface area contributed by atoms with Crippen LogP contribution in [0.4, 0.5) is 0 Å². The van der Waals surface area contributed by atoms with Gasteiger partial charge in [-0.3, -0.25) is 14.5 Å². The van der Waals surface area contributed by atoms with Crippen LogP contribution in [0.15, 0.2) is 157 Å². The van der Waals surface area contributed by atoms with Crippen LogP contribution in [0.3, 0.4) is 0 Å². The quantitative estimate of drug-likeness (QED) is 0.122. The number of rotatable bonds is 11. The van der Waals surface area contributed by atoms with E-state index in [2.05, 4.69) is 395 Å². The molecule has 678 valence electrons. The van der Waals surface area contributed by atoms with Gasteiger partial charge >= 0.3 is 0 Å². The molecule has 20 nitrogen and oxygen atoms in total. The van der Waals surface area contributed by atoms with Gasteiger partial charge in [0.15, 0.2) is 0 Å². The number of imidazole rings is 2. The molecule has 11 aromatic heterocycles. The molecule has 0 bridgehead atoms. The van der Waals surface area contributed by atoms with Gasteiger partial charge in [0.05, 0.1) is 46.1 Å². The molecule has 0 spiro atoms. The molecule has 0 aliphatic heterocycles. The summed E-state index contributed by atoms with van der Waals surface area (Å²) < 4.78 is 30.4. The summed E-state index contributed by atoms with van der Waals surface area (Å²) in [7, 11) is 5.88. The molecule has 0 aromatic carbocycles. The number of nitrogens with zero attached hydrogens (tertiary/aromatic N) is 14. The van der Waals surface area contributed by atoms with Gasteiger partial charge in [0.25, 0.3) is 0 Å². The maximum Gasteiger partial charge on any atom is 0.218 e. The van der Waals surface area contributed by atoms with Crippen LogP contribution in [0.1, 0.15) is 353 Å². The molecule has 22 heteroatoms. The van der Waals surface area contributed by atoms with Gasteiger partial charge in [-0.25, -0.2) is 24.9 Å². The van der Waals surface area contributed by atoms with Gasteiger partial charge in [-0.15, -0.1) is 11.3 Å². The molecule has 0 unspecified atom stereocenters. The fourth-order valence-electron chi connectivity index (χ4n) is 10.0. The van der Waals surface area contributed by atoms with Gasteiger partial charge in [-0.05, 0) is 112 Å². The average Bonchev–Trinajstić information content (AvgIpc) is 1.68. The lowest BCUT2D eigenvalue weighted by Crippen LogP contribution is -2.16. The van der Waals surface area contributed by atoms with Crippen LogP contribution in [-0.4, -0.2) is 78.9 Å². The van der Waals surface area contributed by atoms with Gasteiger partial charge in [0.2, 0.25) is 11.8 Å². The third-order valence-corrected chi connectivity index (χ3v) is 19.3. The van der Waals surface area contributed by atoms with Gasteiger partial charge in [-0.2, -0.15) is 19.7 Å². The van der Waals surface area contributed by atoms with Crippen LogP contribution in [-0.2, 0) is 80.7 Å². The Morgan fingerprint density at radius 2 is 0.927 bits per heavy atom. The van der Waals surface area contributed by atoms with Crippen molar-refractivity contribution in [2.45, 2.75) is 288 Å². The second kappa shape index (κ2) is 47.4. The Balaban J connectivity index is 0.000000682. The van der Waals surface area contributed by atoms with E-state index in [1.54, 1.807) is 90.8 Å². The van der Waals surface area contributed by atoms with Crippen molar-refractivity contribution < 1.29 is 17.9 Å². The first kappa shape index (κ1) is 111. The van der Waals surface area contributed by atoms with Crippen molar-refractivity contribution in [3.8, 4) is 0 Å². The summed E-state index contributed by atoms with van der Waals surface area (Å²) in [5, 5.41) is 28.4. The van der Waals surface area contributed by atoms with E-state index in [0.29, 0.717) is 11.8 Å². The topological polar surface area (TPSA) is 241 Å². The highest BCUT2D eigenvalue weighted by Gasteiger charge is 2.26. The molecule has 0 fully saturated rings. The Kier molecular flexibility index (Phi) is 42.5. The molecule has 124 heavy (non-hydrogen) atoms. The zero-order chi connectivity index (χ0) is 95.9. The summed E-state index contributed by atoms with van der Waals surface area (Å²) in [6.07, 6.45) is 30.1. The van der Waals surface area contributed by atoms with Crippen molar-refractivity contribution in [1.82, 2.24) is 78.9 Å². The van der Waals surface area contributed by atoms with E-state index in [1.165, 1.54) is 28.4 Å². The Hall–Kier alpha value is -10.7. The number of H-pyrrole nitrogens is 2. The lowest BCUT2D eigenvalue weighted by molar-refractivity contribution is 0.328. The van der Waals surface area contributed by atoms with E-state index in [9.17, 15) is 0 Å². The SMILES string of the molecule is C=Cc1cc(C(C)(C)C)[nH]n1.C=Cc1cc(C(C)(C)C)n(C)n1.C=Cc1cc(C(C)(C)C)on1.C=Cc1nc(C(C)(C)C)cn1C.C=Cc1nc(C(C)(C)C)co1.C=Cc1nc(C(C)(C)C)cs1.C=Cc1ncc(C(C)(C)C)[nH]1.C=Cc1ncc(C(C)(C)C)o1.C=Cc1nn(C)cc1C(C)(C)C.C=Cc1nocc1C(C)(C)C.C=Cc1nscc1C(C)(C)C. The predicted molar refractivity (Wildman–Crippen MR) is 534 cm³/mol. The fraction of sp³-hybridized carbons (Fsp3) is 0.461. The number of hydrogen-bond acceptors (Lipinski definition) is 17. The van der Waals surface area contributed by atoms with Gasteiger partial charge < -0.3 is 27.4 Å². The van der Waals surface area contributed by atoms with Crippen molar-refractivity contribution in [3.63, 3.8) is 0 Å². The molecule has 0 saturated carbocycles. The molecular weight excluding hydrogens is 1580 g/mol. The zero-order valence-corrected chi connectivity index (χ0v) is 84.3. The van der Waals surface area contributed by atoms with Crippen LogP contribution in [0.2, 0.25) is 0 Å². The molecule has 2 N–H and O–H groups in total. The summed E-state index contributed by atoms with van der Waals surface area (Å²) in [5.41, 5.74) is 17.2. The lowest BCUT2D eigenvalue weighted by Gasteiger charge is -2.17. The van der Waals surface area contributed by atoms with Crippen LogP contribution >= 0.6 is 22.9 Å². The van der Waals surface area contributed by atoms with E-state index in [4.69, 9.17) is 17.9 Å². The predicted octanol–water partition coefficient (Wildman–Crippen LogP) is 28.4. The molecule has 0 saturated heterocycles. The molecule has 0 aliphatic carbocycles. The average molecular weight is 1730 g/mol. The van der Waals surface area contributed by atoms with E-state index < -0.39 is 0 Å². The minimum absolute atomic E-state index is 0.0360. The monoisotopic (exact) mass is 1730 g/mol. The molecule has 0 amide bonds. The highest BCUT2D eigenvalue weighted by atomic mass is 32.1. The van der Waals surface area contributed by atoms with Crippen molar-refractivity contribution in [2.75, 3.05) is 0 Å². The molecule has 11 heterocycles. The first-order valence-corrected chi connectivity index (χ1v) is 43.3. The summed E-state index contributed by atoms with van der Waals surface area (Å²) in [6, 6.07) is 6.01. The number of aromatic nitrogens is 16. The van der Waals surface area contributed by atoms with Gasteiger partial charge in [0, 0.05) is 128 Å². The van der Waals surface area contributed by atoms with Crippen LogP contribution in [0.25, 0.3) is 66.8 Å². The first-order chi connectivity index (χ1) is 56.7. The molecule has 11 aromatic rings. The normalized spacial score (nSPS) is 11.6. The van der Waals surface area contributed by atoms with E-state index in [-0.39, 0.29) is 59.6 Å². The van der Waals surface area contributed by atoms with Crippen LogP contribution in [0, 0.1) is 0 Å². The number of nitrogens with one attached hydrogen (secondary N) is 2. The van der Waals surface area contributed by atoms with Gasteiger partial charge in [-0.1, -0.05) is 311 Å². The molecule has 0 atom stereocenters. The Morgan fingerprint density at radius 3 is 1.22 bits per heavy atom. The molecule has 0 aliphatic rings. The third-order valence-electron chi connectivity index (χ3n) is 17.9. The second-order valence-corrected chi connectivity index (χ2v) is 42.2. The number of oxazole rings is 2. The number of thiazole rings is 1. The van der Waals surface area contributed by atoms with Crippen molar-refractivity contribution in [2.24, 2.45) is 21.1 Å². The summed E-state index contributed by atoms with van der Waals surface area (Å²) in [6.45, 7) is 111. The lowest BCUT2D eigenvalue weighted by atomic mass is 9.87.